The highest BCUT2D eigenvalue weighted by Gasteiger charge is 2.34. The average Bonchev–Trinajstić information content (AvgIpc) is 3.32. The van der Waals surface area contributed by atoms with Crippen LogP contribution in [-0.4, -0.2) is 34.2 Å². The zero-order valence-corrected chi connectivity index (χ0v) is 16.0. The van der Waals surface area contributed by atoms with Crippen LogP contribution in [0.5, 0.6) is 11.6 Å². The molecule has 2 aromatic heterocycles. The van der Waals surface area contributed by atoms with Crippen LogP contribution in [0, 0.1) is 6.92 Å². The van der Waals surface area contributed by atoms with E-state index in [1.165, 1.54) is 19.2 Å². The van der Waals surface area contributed by atoms with Gasteiger partial charge in [0.15, 0.2) is 0 Å². The van der Waals surface area contributed by atoms with E-state index in [4.69, 9.17) is 9.47 Å². The van der Waals surface area contributed by atoms with Crippen LogP contribution < -0.4 is 14.8 Å². The summed E-state index contributed by atoms with van der Waals surface area (Å²) in [5.74, 6) is -0.0346. The van der Waals surface area contributed by atoms with Gasteiger partial charge in [0.05, 0.1) is 30.7 Å². The topological polar surface area (TPSA) is 78.3 Å². The number of halogens is 3. The molecule has 1 aliphatic rings. The number of nitrogens with one attached hydrogen (secondary N) is 1. The minimum atomic E-state index is -4.48. The van der Waals surface area contributed by atoms with Gasteiger partial charge in [-0.25, -0.2) is 9.97 Å². The SMILES string of the molecule is COc1nc(C(=O)N[C@H]2COc3ccc(C(F)(F)F)cc32)ccc1-n1cnc(C)c1. The zero-order valence-electron chi connectivity index (χ0n) is 16.0. The standard InChI is InChI=1S/C20H17F3N4O3/c1-11-8-27(10-24-11)16-5-4-14(26-19(16)29-2)18(28)25-15-9-30-17-6-3-12(7-13(15)17)20(21,22)23/h3-8,10,15H,9H2,1-2H3,(H,25,28)/t15-/m0/s1. The second-order valence-electron chi connectivity index (χ2n) is 6.73. The first-order valence-electron chi connectivity index (χ1n) is 8.97. The van der Waals surface area contributed by atoms with Gasteiger partial charge in [0.1, 0.15) is 23.7 Å². The van der Waals surface area contributed by atoms with Gasteiger partial charge in [0, 0.05) is 11.8 Å². The van der Waals surface area contributed by atoms with Gasteiger partial charge in [-0.15, -0.1) is 0 Å². The lowest BCUT2D eigenvalue weighted by Gasteiger charge is -2.14. The Morgan fingerprint density at radius 1 is 1.30 bits per heavy atom. The smallest absolute Gasteiger partial charge is 0.416 e. The molecule has 30 heavy (non-hydrogen) atoms. The first kappa shape index (κ1) is 19.7. The first-order valence-corrected chi connectivity index (χ1v) is 8.97. The van der Waals surface area contributed by atoms with Crippen LogP contribution in [0.4, 0.5) is 13.2 Å². The molecular weight excluding hydrogens is 401 g/mol. The van der Waals surface area contributed by atoms with Crippen LogP contribution >= 0.6 is 0 Å². The molecule has 0 aliphatic carbocycles. The number of hydrogen-bond donors (Lipinski definition) is 1. The molecule has 0 radical (unpaired) electrons. The molecule has 4 rings (SSSR count). The number of rotatable bonds is 4. The fourth-order valence-corrected chi connectivity index (χ4v) is 3.20. The number of ether oxygens (including phenoxy) is 2. The molecule has 0 bridgehead atoms. The number of carbonyl (C=O) groups is 1. The third-order valence-corrected chi connectivity index (χ3v) is 4.68. The number of fused-ring (bicyclic) bond motifs is 1. The maximum absolute atomic E-state index is 13.0. The largest absolute Gasteiger partial charge is 0.491 e. The predicted octanol–water partition coefficient (Wildman–Crippen LogP) is 3.47. The van der Waals surface area contributed by atoms with Crippen molar-refractivity contribution < 1.29 is 27.4 Å². The van der Waals surface area contributed by atoms with Crippen molar-refractivity contribution in [3.8, 4) is 17.3 Å². The molecule has 0 saturated heterocycles. The monoisotopic (exact) mass is 418 g/mol. The molecule has 1 atom stereocenters. The summed E-state index contributed by atoms with van der Waals surface area (Å²) in [7, 11) is 1.43. The molecule has 7 nitrogen and oxygen atoms in total. The van der Waals surface area contributed by atoms with E-state index in [1.54, 1.807) is 23.2 Å². The van der Waals surface area contributed by atoms with Crippen molar-refractivity contribution in [1.29, 1.82) is 0 Å². The summed E-state index contributed by atoms with van der Waals surface area (Å²) in [5.41, 5.74) is 0.935. The quantitative estimate of drug-likeness (QED) is 0.702. The molecule has 3 aromatic rings. The second-order valence-corrected chi connectivity index (χ2v) is 6.73. The number of aryl methyl sites for hydroxylation is 1. The normalized spacial score (nSPS) is 15.4. The lowest BCUT2D eigenvalue weighted by molar-refractivity contribution is -0.137. The molecule has 1 aliphatic heterocycles. The Hall–Kier alpha value is -3.56. The Morgan fingerprint density at radius 3 is 2.77 bits per heavy atom. The second kappa shape index (κ2) is 7.36. The van der Waals surface area contributed by atoms with Gasteiger partial charge in [-0.2, -0.15) is 13.2 Å². The van der Waals surface area contributed by atoms with Crippen LogP contribution in [0.3, 0.4) is 0 Å². The number of pyridine rings is 1. The summed E-state index contributed by atoms with van der Waals surface area (Å²) >= 11 is 0. The van der Waals surface area contributed by atoms with Gasteiger partial charge in [0.2, 0.25) is 5.88 Å². The molecule has 0 unspecified atom stereocenters. The predicted molar refractivity (Wildman–Crippen MR) is 99.8 cm³/mol. The minimum absolute atomic E-state index is 0.0336. The van der Waals surface area contributed by atoms with Gasteiger partial charge >= 0.3 is 6.18 Å². The van der Waals surface area contributed by atoms with E-state index in [9.17, 15) is 18.0 Å². The van der Waals surface area contributed by atoms with Gasteiger partial charge in [-0.05, 0) is 37.3 Å². The van der Waals surface area contributed by atoms with Crippen molar-refractivity contribution in [3.05, 3.63) is 65.4 Å². The van der Waals surface area contributed by atoms with Gasteiger partial charge < -0.3 is 19.4 Å². The van der Waals surface area contributed by atoms with Crippen LogP contribution in [0.15, 0.2) is 42.9 Å². The number of amides is 1. The van der Waals surface area contributed by atoms with E-state index in [0.29, 0.717) is 11.4 Å². The Bertz CT molecular complexity index is 1110. The van der Waals surface area contributed by atoms with E-state index >= 15 is 0 Å². The molecule has 1 aromatic carbocycles. The summed E-state index contributed by atoms with van der Waals surface area (Å²) < 4.78 is 51.4. The highest BCUT2D eigenvalue weighted by molar-refractivity contribution is 5.93. The summed E-state index contributed by atoms with van der Waals surface area (Å²) in [6, 6.07) is 5.64. The Labute approximate surface area is 169 Å². The highest BCUT2D eigenvalue weighted by Crippen LogP contribution is 2.38. The van der Waals surface area contributed by atoms with Crippen LogP contribution in [0.1, 0.15) is 33.4 Å². The van der Waals surface area contributed by atoms with Crippen LogP contribution in [0.25, 0.3) is 5.69 Å². The summed E-state index contributed by atoms with van der Waals surface area (Å²) in [4.78, 5) is 21.1. The number of benzene rings is 1. The third-order valence-electron chi connectivity index (χ3n) is 4.68. The Morgan fingerprint density at radius 2 is 2.10 bits per heavy atom. The maximum atomic E-state index is 13.0. The number of nitrogens with zero attached hydrogens (tertiary/aromatic N) is 3. The number of carbonyl (C=O) groups excluding carboxylic acids is 1. The summed E-state index contributed by atoms with van der Waals surface area (Å²) in [5, 5.41) is 2.68. The number of alkyl halides is 3. The Balaban J connectivity index is 1.57. The molecular formula is C20H17F3N4O3. The molecule has 0 fully saturated rings. The lowest BCUT2D eigenvalue weighted by atomic mass is 10.0. The van der Waals surface area contributed by atoms with E-state index in [-0.39, 0.29) is 23.7 Å². The van der Waals surface area contributed by atoms with Crippen molar-refractivity contribution in [2.75, 3.05) is 13.7 Å². The van der Waals surface area contributed by atoms with Crippen LogP contribution in [-0.2, 0) is 6.18 Å². The maximum Gasteiger partial charge on any atom is 0.416 e. The van der Waals surface area contributed by atoms with E-state index in [2.05, 4.69) is 15.3 Å². The van der Waals surface area contributed by atoms with Crippen molar-refractivity contribution in [2.45, 2.75) is 19.1 Å². The lowest BCUT2D eigenvalue weighted by Crippen LogP contribution is -2.30. The zero-order chi connectivity index (χ0) is 21.5. The minimum Gasteiger partial charge on any atom is -0.491 e. The Kier molecular flexibility index (Phi) is 4.84. The fraction of sp³-hybridized carbons (Fsp3) is 0.250. The molecule has 156 valence electrons. The van der Waals surface area contributed by atoms with Crippen LogP contribution in [0.2, 0.25) is 0 Å². The summed E-state index contributed by atoms with van der Waals surface area (Å²) in [6.45, 7) is 1.87. The highest BCUT2D eigenvalue weighted by atomic mass is 19.4. The van der Waals surface area contributed by atoms with Crippen molar-refractivity contribution in [2.24, 2.45) is 0 Å². The number of methoxy groups -OCH3 is 1. The fourth-order valence-electron chi connectivity index (χ4n) is 3.20. The van der Waals surface area contributed by atoms with Crippen molar-refractivity contribution >= 4 is 5.91 Å². The molecule has 10 heteroatoms. The van der Waals surface area contributed by atoms with Gasteiger partial charge in [-0.3, -0.25) is 4.79 Å². The molecule has 1 N–H and O–H groups in total. The third kappa shape index (κ3) is 3.68. The van der Waals surface area contributed by atoms with Crippen molar-refractivity contribution in [3.63, 3.8) is 0 Å². The summed E-state index contributed by atoms with van der Waals surface area (Å²) in [6.07, 6.45) is -1.10. The molecule has 3 heterocycles. The molecule has 0 saturated carbocycles. The average molecular weight is 418 g/mol. The molecule has 0 spiro atoms. The van der Waals surface area contributed by atoms with Crippen molar-refractivity contribution in [1.82, 2.24) is 19.9 Å². The van der Waals surface area contributed by atoms with E-state index in [0.717, 1.165) is 17.8 Å². The molecule has 1 amide bonds. The first-order chi connectivity index (χ1) is 14.3. The number of aromatic nitrogens is 3. The van der Waals surface area contributed by atoms with Gasteiger partial charge in [0.25, 0.3) is 5.91 Å². The van der Waals surface area contributed by atoms with E-state index < -0.39 is 23.7 Å². The number of hydrogen-bond acceptors (Lipinski definition) is 5. The number of imidazole rings is 1. The van der Waals surface area contributed by atoms with Gasteiger partial charge in [-0.1, -0.05) is 0 Å². The van der Waals surface area contributed by atoms with E-state index in [1.807, 2.05) is 6.92 Å².